The van der Waals surface area contributed by atoms with E-state index in [1.165, 1.54) is 0 Å². The summed E-state index contributed by atoms with van der Waals surface area (Å²) in [4.78, 5) is 34.8. The Hall–Kier alpha value is -3.88. The van der Waals surface area contributed by atoms with Crippen LogP contribution >= 0.6 is 0 Å². The minimum atomic E-state index is -0.00814. The van der Waals surface area contributed by atoms with Crippen LogP contribution < -0.4 is 0 Å². The summed E-state index contributed by atoms with van der Waals surface area (Å²) in [5.41, 5.74) is 4.30. The standard InChI is InChI=1S/C32H35N5O3/c38-28(12-9-25-4-3-15-33-23-25)22-24-7-10-27(11-8-24)37-30-6-2-1-5-29(30)31(34-37)32(39)36-16-13-26(14-17-36)35-18-20-40-21-19-35/h1-8,10-11,15,23,26H,9,12-14,16-22H2. The van der Waals surface area contributed by atoms with Gasteiger partial charge in [-0.1, -0.05) is 36.4 Å². The number of morpholine rings is 1. The molecule has 0 unspecified atom stereocenters. The van der Waals surface area contributed by atoms with E-state index in [9.17, 15) is 9.59 Å². The molecule has 2 aliphatic rings. The van der Waals surface area contributed by atoms with Crippen molar-refractivity contribution in [3.63, 3.8) is 0 Å². The summed E-state index contributed by atoms with van der Waals surface area (Å²) in [5.74, 6) is 0.192. The number of piperidine rings is 1. The molecule has 4 heterocycles. The van der Waals surface area contributed by atoms with E-state index in [1.54, 1.807) is 6.20 Å². The first kappa shape index (κ1) is 26.3. The van der Waals surface area contributed by atoms with E-state index in [0.717, 1.165) is 80.0 Å². The first-order valence-corrected chi connectivity index (χ1v) is 14.2. The minimum absolute atomic E-state index is 0.00814. The van der Waals surface area contributed by atoms with Gasteiger partial charge in [0.2, 0.25) is 0 Å². The third kappa shape index (κ3) is 5.83. The fourth-order valence-electron chi connectivity index (χ4n) is 5.85. The maximum atomic E-state index is 13.7. The van der Waals surface area contributed by atoms with Crippen molar-refractivity contribution >= 4 is 22.6 Å². The highest BCUT2D eigenvalue weighted by molar-refractivity contribution is 6.05. The zero-order chi connectivity index (χ0) is 27.3. The van der Waals surface area contributed by atoms with Crippen LogP contribution in [0.2, 0.25) is 0 Å². The molecular formula is C32H35N5O3. The lowest BCUT2D eigenvalue weighted by atomic mass is 10.0. The second-order valence-corrected chi connectivity index (χ2v) is 10.7. The Labute approximate surface area is 234 Å². The van der Waals surface area contributed by atoms with Gasteiger partial charge >= 0.3 is 0 Å². The second kappa shape index (κ2) is 12.1. The highest BCUT2D eigenvalue weighted by Gasteiger charge is 2.30. The predicted octanol–water partition coefficient (Wildman–Crippen LogP) is 4.10. The minimum Gasteiger partial charge on any atom is -0.379 e. The van der Waals surface area contributed by atoms with Crippen LogP contribution in [0.25, 0.3) is 16.6 Å². The average molecular weight is 538 g/mol. The van der Waals surface area contributed by atoms with Crippen molar-refractivity contribution in [1.82, 2.24) is 24.6 Å². The number of amides is 1. The maximum absolute atomic E-state index is 13.7. The van der Waals surface area contributed by atoms with Gasteiger partial charge in [0.25, 0.3) is 5.91 Å². The molecule has 0 N–H and O–H groups in total. The van der Waals surface area contributed by atoms with Gasteiger partial charge in [0.15, 0.2) is 5.69 Å². The third-order valence-electron chi connectivity index (χ3n) is 8.10. The highest BCUT2D eigenvalue weighted by atomic mass is 16.5. The molecule has 6 rings (SSSR count). The molecule has 2 saturated heterocycles. The average Bonchev–Trinajstić information content (AvgIpc) is 3.41. The topological polar surface area (TPSA) is 80.6 Å². The molecule has 1 amide bonds. The van der Waals surface area contributed by atoms with Crippen molar-refractivity contribution in [2.45, 2.75) is 38.1 Å². The molecule has 0 radical (unpaired) electrons. The number of nitrogens with zero attached hydrogens (tertiary/aromatic N) is 5. The van der Waals surface area contributed by atoms with Crippen LogP contribution in [-0.4, -0.2) is 81.7 Å². The Kier molecular flexibility index (Phi) is 7.97. The Balaban J connectivity index is 1.13. The largest absolute Gasteiger partial charge is 0.379 e. The number of aryl methyl sites for hydroxylation is 1. The van der Waals surface area contributed by atoms with Crippen molar-refractivity contribution in [3.8, 4) is 5.69 Å². The summed E-state index contributed by atoms with van der Waals surface area (Å²) < 4.78 is 7.35. The lowest BCUT2D eigenvalue weighted by Gasteiger charge is -2.39. The number of para-hydroxylation sites is 1. The SMILES string of the molecule is O=C(CCc1cccnc1)Cc1ccc(-n2nc(C(=O)N3CCC(N4CCOCC4)CC3)c3ccccc32)cc1. The monoisotopic (exact) mass is 537 g/mol. The summed E-state index contributed by atoms with van der Waals surface area (Å²) in [6, 6.07) is 20.2. The van der Waals surface area contributed by atoms with E-state index in [-0.39, 0.29) is 11.7 Å². The van der Waals surface area contributed by atoms with Gasteiger partial charge in [0.05, 0.1) is 24.4 Å². The fourth-order valence-corrected chi connectivity index (χ4v) is 5.85. The normalized spacial score (nSPS) is 16.9. The molecule has 206 valence electrons. The molecule has 4 aromatic rings. The predicted molar refractivity (Wildman–Crippen MR) is 154 cm³/mol. The van der Waals surface area contributed by atoms with E-state index in [2.05, 4.69) is 9.88 Å². The third-order valence-corrected chi connectivity index (χ3v) is 8.10. The number of hydrogen-bond donors (Lipinski definition) is 0. The van der Waals surface area contributed by atoms with Crippen molar-refractivity contribution in [2.24, 2.45) is 0 Å². The number of fused-ring (bicyclic) bond motifs is 1. The van der Waals surface area contributed by atoms with E-state index in [1.807, 2.05) is 76.4 Å². The first-order chi connectivity index (χ1) is 19.7. The Morgan fingerprint density at radius 3 is 2.40 bits per heavy atom. The van der Waals surface area contributed by atoms with Gasteiger partial charge in [0, 0.05) is 62.8 Å². The van der Waals surface area contributed by atoms with E-state index < -0.39 is 0 Å². The number of ether oxygens (including phenoxy) is 1. The number of likely N-dealkylation sites (tertiary alicyclic amines) is 1. The highest BCUT2D eigenvalue weighted by Crippen LogP contribution is 2.26. The van der Waals surface area contributed by atoms with Gasteiger partial charge in [-0.05, 0) is 54.7 Å². The first-order valence-electron chi connectivity index (χ1n) is 14.2. The van der Waals surface area contributed by atoms with Gasteiger partial charge in [-0.25, -0.2) is 4.68 Å². The summed E-state index contributed by atoms with van der Waals surface area (Å²) in [6.45, 7) is 5.03. The lowest BCUT2D eigenvalue weighted by Crippen LogP contribution is -2.50. The van der Waals surface area contributed by atoms with Gasteiger partial charge in [0.1, 0.15) is 5.78 Å². The summed E-state index contributed by atoms with van der Waals surface area (Å²) in [6.07, 6.45) is 7.09. The molecular weight excluding hydrogens is 502 g/mol. The van der Waals surface area contributed by atoms with Gasteiger partial charge in [-0.3, -0.25) is 19.5 Å². The molecule has 2 aromatic heterocycles. The maximum Gasteiger partial charge on any atom is 0.275 e. The summed E-state index contributed by atoms with van der Waals surface area (Å²) in [7, 11) is 0. The molecule has 0 atom stereocenters. The number of aromatic nitrogens is 3. The number of carbonyl (C=O) groups is 2. The van der Waals surface area contributed by atoms with Crippen molar-refractivity contribution in [2.75, 3.05) is 39.4 Å². The molecule has 8 nitrogen and oxygen atoms in total. The molecule has 40 heavy (non-hydrogen) atoms. The number of pyridine rings is 1. The molecule has 2 aliphatic heterocycles. The van der Waals surface area contributed by atoms with Gasteiger partial charge in [-0.15, -0.1) is 0 Å². The van der Waals surface area contributed by atoms with E-state index in [4.69, 9.17) is 9.84 Å². The van der Waals surface area contributed by atoms with Crippen LogP contribution in [0.4, 0.5) is 0 Å². The molecule has 2 aromatic carbocycles. The fraction of sp³-hybridized carbons (Fsp3) is 0.375. The second-order valence-electron chi connectivity index (χ2n) is 10.7. The van der Waals surface area contributed by atoms with Crippen LogP contribution in [0.3, 0.4) is 0 Å². The molecule has 0 saturated carbocycles. The van der Waals surface area contributed by atoms with E-state index >= 15 is 0 Å². The Bertz CT molecular complexity index is 1450. The van der Waals surface area contributed by atoms with Crippen molar-refractivity contribution in [3.05, 3.63) is 89.9 Å². The Morgan fingerprint density at radius 1 is 0.875 bits per heavy atom. The number of Topliss-reactive ketones (excluding diaryl/α,β-unsaturated/α-hetero) is 1. The number of carbonyl (C=O) groups excluding carboxylic acids is 2. The number of rotatable bonds is 8. The molecule has 0 aliphatic carbocycles. The smallest absolute Gasteiger partial charge is 0.275 e. The molecule has 0 spiro atoms. The number of ketones is 1. The van der Waals surface area contributed by atoms with E-state index in [0.29, 0.717) is 31.0 Å². The summed E-state index contributed by atoms with van der Waals surface area (Å²) >= 11 is 0. The quantitative estimate of drug-likeness (QED) is 0.337. The van der Waals surface area contributed by atoms with Gasteiger partial charge < -0.3 is 9.64 Å². The zero-order valence-corrected chi connectivity index (χ0v) is 22.7. The summed E-state index contributed by atoms with van der Waals surface area (Å²) in [5, 5.41) is 5.68. The number of hydrogen-bond acceptors (Lipinski definition) is 6. The lowest BCUT2D eigenvalue weighted by molar-refractivity contribution is -0.118. The van der Waals surface area contributed by atoms with Crippen LogP contribution in [0, 0.1) is 0 Å². The van der Waals surface area contributed by atoms with Crippen LogP contribution in [0.1, 0.15) is 40.9 Å². The molecule has 0 bridgehead atoms. The van der Waals surface area contributed by atoms with Crippen LogP contribution in [0.15, 0.2) is 73.1 Å². The number of benzene rings is 2. The van der Waals surface area contributed by atoms with Crippen LogP contribution in [0.5, 0.6) is 0 Å². The van der Waals surface area contributed by atoms with Crippen molar-refractivity contribution < 1.29 is 14.3 Å². The van der Waals surface area contributed by atoms with Gasteiger partial charge in [-0.2, -0.15) is 5.10 Å². The Morgan fingerprint density at radius 2 is 1.65 bits per heavy atom. The van der Waals surface area contributed by atoms with Crippen molar-refractivity contribution in [1.29, 1.82) is 0 Å². The van der Waals surface area contributed by atoms with Crippen LogP contribution in [-0.2, 0) is 22.4 Å². The molecule has 2 fully saturated rings. The molecule has 8 heteroatoms. The zero-order valence-electron chi connectivity index (χ0n) is 22.7.